The van der Waals surface area contributed by atoms with Gasteiger partial charge in [-0.1, -0.05) is 13.0 Å². The zero-order chi connectivity index (χ0) is 11.7. The molecule has 0 spiro atoms. The fourth-order valence-electron chi connectivity index (χ4n) is 1.56. The lowest BCUT2D eigenvalue weighted by Gasteiger charge is -2.32. The van der Waals surface area contributed by atoms with Gasteiger partial charge in [0.1, 0.15) is 5.73 Å². The van der Waals surface area contributed by atoms with E-state index in [0.717, 1.165) is 6.42 Å². The highest BCUT2D eigenvalue weighted by molar-refractivity contribution is 6.67. The number of rotatable bonds is 8. The third kappa shape index (κ3) is 4.82. The van der Waals surface area contributed by atoms with E-state index in [-0.39, 0.29) is 5.73 Å². The third-order valence-electron chi connectivity index (χ3n) is 2.20. The molecule has 0 aromatic heterocycles. The minimum atomic E-state index is -2.19. The van der Waals surface area contributed by atoms with Crippen LogP contribution in [-0.4, -0.2) is 27.5 Å². The Balaban J connectivity index is 4.51. The highest BCUT2D eigenvalue weighted by Gasteiger charge is 2.41. The van der Waals surface area contributed by atoms with Crippen LogP contribution in [0.3, 0.4) is 0 Å². The minimum Gasteiger partial charge on any atom is -0.496 e. The van der Waals surface area contributed by atoms with Crippen molar-refractivity contribution in [1.82, 2.24) is 0 Å². The molecular weight excluding hydrogens is 208 g/mol. The first kappa shape index (κ1) is 14.7. The summed E-state index contributed by atoms with van der Waals surface area (Å²) in [5.74, 6) is 0. The molecular formula is C11H24O3Si. The van der Waals surface area contributed by atoms with E-state index in [1.807, 2.05) is 26.8 Å². The number of ether oxygens (including phenoxy) is 1. The van der Waals surface area contributed by atoms with Gasteiger partial charge in [-0.05, 0) is 33.7 Å². The molecule has 0 aliphatic rings. The van der Waals surface area contributed by atoms with Gasteiger partial charge in [0.05, 0.1) is 6.26 Å². The van der Waals surface area contributed by atoms with Gasteiger partial charge in [-0.15, -0.1) is 0 Å². The van der Waals surface area contributed by atoms with E-state index >= 15 is 0 Å². The molecule has 0 rings (SSSR count). The average Bonchev–Trinajstić information content (AvgIpc) is 2.19. The molecule has 15 heavy (non-hydrogen) atoms. The van der Waals surface area contributed by atoms with Crippen LogP contribution in [-0.2, 0) is 13.6 Å². The standard InChI is InChI=1S/C11H24O3Si/c1-6-10-12-11(7-2)15(5,13-8-3)14-9-4/h6,10-11H,7-9H2,1-5H3. The normalized spacial score (nSPS) is 14.5. The molecule has 0 aromatic rings. The molecule has 0 fully saturated rings. The highest BCUT2D eigenvalue weighted by atomic mass is 28.4. The molecule has 3 nitrogen and oxygen atoms in total. The Labute approximate surface area is 94.7 Å². The van der Waals surface area contributed by atoms with Crippen molar-refractivity contribution in [2.24, 2.45) is 0 Å². The zero-order valence-corrected chi connectivity index (χ0v) is 11.6. The monoisotopic (exact) mass is 232 g/mol. The van der Waals surface area contributed by atoms with Crippen LogP contribution in [0.4, 0.5) is 0 Å². The molecule has 90 valence electrons. The van der Waals surface area contributed by atoms with E-state index in [4.69, 9.17) is 13.6 Å². The van der Waals surface area contributed by atoms with Crippen LogP contribution in [0.2, 0.25) is 6.55 Å². The predicted octanol–water partition coefficient (Wildman–Crippen LogP) is 3.00. The second-order valence-corrected chi connectivity index (χ2v) is 6.64. The van der Waals surface area contributed by atoms with Crippen LogP contribution >= 0.6 is 0 Å². The summed E-state index contributed by atoms with van der Waals surface area (Å²) in [6.45, 7) is 11.4. The summed E-state index contributed by atoms with van der Waals surface area (Å²) >= 11 is 0. The second kappa shape index (κ2) is 7.90. The largest absolute Gasteiger partial charge is 0.496 e. The van der Waals surface area contributed by atoms with Gasteiger partial charge < -0.3 is 13.6 Å². The van der Waals surface area contributed by atoms with Gasteiger partial charge in [0, 0.05) is 13.2 Å². The van der Waals surface area contributed by atoms with Gasteiger partial charge in [-0.25, -0.2) is 0 Å². The van der Waals surface area contributed by atoms with Crippen molar-refractivity contribution in [2.75, 3.05) is 13.2 Å². The van der Waals surface area contributed by atoms with Crippen molar-refractivity contribution in [3.05, 3.63) is 12.3 Å². The topological polar surface area (TPSA) is 27.7 Å². The van der Waals surface area contributed by atoms with E-state index in [1.165, 1.54) is 0 Å². The smallest absolute Gasteiger partial charge is 0.377 e. The van der Waals surface area contributed by atoms with Gasteiger partial charge in [0.15, 0.2) is 0 Å². The van der Waals surface area contributed by atoms with Gasteiger partial charge in [-0.3, -0.25) is 0 Å². The van der Waals surface area contributed by atoms with Crippen molar-refractivity contribution >= 4 is 8.56 Å². The molecule has 0 aromatic carbocycles. The maximum atomic E-state index is 5.78. The summed E-state index contributed by atoms with van der Waals surface area (Å²) in [7, 11) is -2.19. The fraction of sp³-hybridized carbons (Fsp3) is 0.818. The Bertz CT molecular complexity index is 177. The van der Waals surface area contributed by atoms with Crippen LogP contribution < -0.4 is 0 Å². The molecule has 0 saturated carbocycles. The SMILES string of the molecule is CC=COC(CC)[Si](C)(OCC)OCC. The molecule has 1 atom stereocenters. The zero-order valence-electron chi connectivity index (χ0n) is 10.6. The maximum Gasteiger partial charge on any atom is 0.377 e. The summed E-state index contributed by atoms with van der Waals surface area (Å²) in [5.41, 5.74) is 0.0635. The van der Waals surface area contributed by atoms with Gasteiger partial charge >= 0.3 is 8.56 Å². The number of hydrogen-bond donors (Lipinski definition) is 0. The Morgan fingerprint density at radius 1 is 1.13 bits per heavy atom. The van der Waals surface area contributed by atoms with Gasteiger partial charge in [0.25, 0.3) is 0 Å². The van der Waals surface area contributed by atoms with E-state index in [0.29, 0.717) is 13.2 Å². The van der Waals surface area contributed by atoms with Crippen molar-refractivity contribution < 1.29 is 13.6 Å². The summed E-state index contributed by atoms with van der Waals surface area (Å²) in [6.07, 6.45) is 4.51. The van der Waals surface area contributed by atoms with Crippen LogP contribution in [0, 0.1) is 0 Å². The highest BCUT2D eigenvalue weighted by Crippen LogP contribution is 2.19. The number of allylic oxidation sites excluding steroid dienone is 1. The molecule has 4 heteroatoms. The lowest BCUT2D eigenvalue weighted by Crippen LogP contribution is -2.51. The van der Waals surface area contributed by atoms with E-state index in [9.17, 15) is 0 Å². The van der Waals surface area contributed by atoms with Crippen LogP contribution in [0.5, 0.6) is 0 Å². The van der Waals surface area contributed by atoms with Crippen molar-refractivity contribution in [3.63, 3.8) is 0 Å². The second-order valence-electron chi connectivity index (χ2n) is 3.38. The molecule has 0 amide bonds. The molecule has 0 N–H and O–H groups in total. The summed E-state index contributed by atoms with van der Waals surface area (Å²) in [5, 5.41) is 0. The van der Waals surface area contributed by atoms with E-state index < -0.39 is 8.56 Å². The van der Waals surface area contributed by atoms with E-state index in [1.54, 1.807) is 6.26 Å². The van der Waals surface area contributed by atoms with Crippen molar-refractivity contribution in [1.29, 1.82) is 0 Å². The third-order valence-corrected chi connectivity index (χ3v) is 5.63. The van der Waals surface area contributed by atoms with Gasteiger partial charge in [0.2, 0.25) is 0 Å². The summed E-state index contributed by atoms with van der Waals surface area (Å²) < 4.78 is 17.2. The lowest BCUT2D eigenvalue weighted by atomic mass is 10.5. The van der Waals surface area contributed by atoms with Crippen LogP contribution in [0.25, 0.3) is 0 Å². The molecule has 0 bridgehead atoms. The average molecular weight is 232 g/mol. The quantitative estimate of drug-likeness (QED) is 0.475. The molecule has 0 radical (unpaired) electrons. The van der Waals surface area contributed by atoms with Crippen molar-refractivity contribution in [3.8, 4) is 0 Å². The first-order valence-electron chi connectivity index (χ1n) is 5.69. The Hall–Kier alpha value is -0.323. The molecule has 0 saturated heterocycles. The summed E-state index contributed by atoms with van der Waals surface area (Å²) in [4.78, 5) is 0. The number of hydrogen-bond acceptors (Lipinski definition) is 3. The Morgan fingerprint density at radius 3 is 2.00 bits per heavy atom. The predicted molar refractivity (Wildman–Crippen MR) is 64.8 cm³/mol. The lowest BCUT2D eigenvalue weighted by molar-refractivity contribution is 0.102. The minimum absolute atomic E-state index is 0.0635. The van der Waals surface area contributed by atoms with Gasteiger partial charge in [-0.2, -0.15) is 0 Å². The Morgan fingerprint density at radius 2 is 1.67 bits per heavy atom. The van der Waals surface area contributed by atoms with Crippen molar-refractivity contribution in [2.45, 2.75) is 46.4 Å². The first-order valence-corrected chi connectivity index (χ1v) is 8.08. The Kier molecular flexibility index (Phi) is 7.73. The molecule has 1 unspecified atom stereocenters. The van der Waals surface area contributed by atoms with Crippen LogP contribution in [0.15, 0.2) is 12.3 Å². The molecule has 0 heterocycles. The first-order chi connectivity index (χ1) is 7.14. The van der Waals surface area contributed by atoms with Crippen LogP contribution in [0.1, 0.15) is 34.1 Å². The summed E-state index contributed by atoms with van der Waals surface area (Å²) in [6, 6.07) is 0. The van der Waals surface area contributed by atoms with E-state index in [2.05, 4.69) is 13.5 Å². The molecule has 0 aliphatic carbocycles. The fourth-order valence-corrected chi connectivity index (χ4v) is 4.23. The maximum absolute atomic E-state index is 5.78. The molecule has 0 aliphatic heterocycles.